The Labute approximate surface area is 48.9 Å². The van der Waals surface area contributed by atoms with Crippen molar-refractivity contribution in [1.29, 1.82) is 0 Å². The van der Waals surface area contributed by atoms with Crippen LogP contribution in [0.1, 0.15) is 6.92 Å². The SMILES string of the molecule is CC(N=C=O)S(=O)O. The number of hydrogen-bond donors (Lipinski definition) is 1. The van der Waals surface area contributed by atoms with Crippen LogP contribution in [0.4, 0.5) is 0 Å². The number of hydrogen-bond acceptors (Lipinski definition) is 3. The van der Waals surface area contributed by atoms with Crippen LogP contribution >= 0.6 is 0 Å². The van der Waals surface area contributed by atoms with E-state index in [4.69, 9.17) is 4.55 Å². The molecule has 0 fully saturated rings. The molecule has 0 heterocycles. The quantitative estimate of drug-likeness (QED) is 0.326. The van der Waals surface area contributed by atoms with Crippen molar-refractivity contribution >= 4 is 17.2 Å². The molecule has 46 valence electrons. The molecule has 0 aromatic rings. The zero-order valence-electron chi connectivity index (χ0n) is 4.20. The lowest BCUT2D eigenvalue weighted by Crippen LogP contribution is -2.04. The predicted molar refractivity (Wildman–Crippen MR) is 28.4 cm³/mol. The van der Waals surface area contributed by atoms with E-state index in [0.717, 1.165) is 0 Å². The van der Waals surface area contributed by atoms with Crippen LogP contribution in [0, 0.1) is 0 Å². The lowest BCUT2D eigenvalue weighted by atomic mass is 10.8. The Morgan fingerprint density at radius 3 is 2.50 bits per heavy atom. The second kappa shape index (κ2) is 3.49. The molecule has 1 N–H and O–H groups in total. The summed E-state index contributed by atoms with van der Waals surface area (Å²) in [5.41, 5.74) is 0. The molecule has 0 saturated heterocycles. The maximum absolute atomic E-state index is 9.93. The van der Waals surface area contributed by atoms with Crippen LogP contribution in [-0.2, 0) is 15.9 Å². The molecule has 4 nitrogen and oxygen atoms in total. The van der Waals surface area contributed by atoms with Gasteiger partial charge in [-0.05, 0) is 6.92 Å². The smallest absolute Gasteiger partial charge is 0.236 e. The molecule has 0 bridgehead atoms. The van der Waals surface area contributed by atoms with Crippen molar-refractivity contribution in [2.75, 3.05) is 0 Å². The monoisotopic (exact) mass is 135 g/mol. The fraction of sp³-hybridized carbons (Fsp3) is 0.667. The van der Waals surface area contributed by atoms with E-state index in [0.29, 0.717) is 0 Å². The fourth-order valence-electron chi connectivity index (χ4n) is 0.119. The van der Waals surface area contributed by atoms with Crippen LogP contribution in [0.2, 0.25) is 0 Å². The number of carbonyl (C=O) groups excluding carboxylic acids is 1. The normalized spacial score (nSPS) is 16.2. The second-order valence-electron chi connectivity index (χ2n) is 1.10. The van der Waals surface area contributed by atoms with Crippen molar-refractivity contribution in [3.05, 3.63) is 0 Å². The minimum absolute atomic E-state index is 0.854. The Kier molecular flexibility index (Phi) is 3.26. The van der Waals surface area contributed by atoms with Gasteiger partial charge in [0.2, 0.25) is 6.08 Å². The molecule has 0 spiro atoms. The van der Waals surface area contributed by atoms with Crippen molar-refractivity contribution in [2.24, 2.45) is 4.99 Å². The minimum atomic E-state index is -2.04. The molecule has 0 rings (SSSR count). The topological polar surface area (TPSA) is 66.7 Å². The van der Waals surface area contributed by atoms with Crippen molar-refractivity contribution in [1.82, 2.24) is 0 Å². The third kappa shape index (κ3) is 2.63. The summed E-state index contributed by atoms with van der Waals surface area (Å²) in [6.45, 7) is 1.35. The Morgan fingerprint density at radius 1 is 1.88 bits per heavy atom. The van der Waals surface area contributed by atoms with Crippen molar-refractivity contribution < 1.29 is 13.6 Å². The lowest BCUT2D eigenvalue weighted by molar-refractivity contribution is 0.545. The van der Waals surface area contributed by atoms with Gasteiger partial charge in [-0.2, -0.15) is 4.99 Å². The Hall–Kier alpha value is -0.510. The summed E-state index contributed by atoms with van der Waals surface area (Å²) in [6.07, 6.45) is 1.17. The van der Waals surface area contributed by atoms with E-state index >= 15 is 0 Å². The van der Waals surface area contributed by atoms with E-state index in [1.165, 1.54) is 13.0 Å². The average Bonchev–Trinajstić information content (AvgIpc) is 1.67. The summed E-state index contributed by atoms with van der Waals surface area (Å²) in [5, 5.41) is -0.854. The van der Waals surface area contributed by atoms with Crippen molar-refractivity contribution in [3.8, 4) is 0 Å². The van der Waals surface area contributed by atoms with Gasteiger partial charge >= 0.3 is 0 Å². The first kappa shape index (κ1) is 7.49. The van der Waals surface area contributed by atoms with Gasteiger partial charge in [-0.1, -0.05) is 0 Å². The molecule has 0 aromatic carbocycles. The largest absolute Gasteiger partial charge is 0.304 e. The van der Waals surface area contributed by atoms with Crippen LogP contribution in [-0.4, -0.2) is 20.2 Å². The molecule has 8 heavy (non-hydrogen) atoms. The molecule has 0 amide bonds. The number of nitrogens with zero attached hydrogens (tertiary/aromatic N) is 1. The highest BCUT2D eigenvalue weighted by atomic mass is 32.2. The van der Waals surface area contributed by atoms with Crippen LogP contribution in [0.25, 0.3) is 0 Å². The van der Waals surface area contributed by atoms with Gasteiger partial charge in [-0.15, -0.1) is 0 Å². The lowest BCUT2D eigenvalue weighted by Gasteiger charge is -1.91. The van der Waals surface area contributed by atoms with Gasteiger partial charge in [0.25, 0.3) is 0 Å². The van der Waals surface area contributed by atoms with Crippen molar-refractivity contribution in [3.63, 3.8) is 0 Å². The summed E-state index contributed by atoms with van der Waals surface area (Å²) in [4.78, 5) is 12.4. The molecule has 0 saturated carbocycles. The van der Waals surface area contributed by atoms with Crippen molar-refractivity contribution in [2.45, 2.75) is 12.3 Å². The Morgan fingerprint density at radius 2 is 2.38 bits per heavy atom. The highest BCUT2D eigenvalue weighted by Gasteiger charge is 2.02. The molecule has 0 aliphatic rings. The molecular weight excluding hydrogens is 130 g/mol. The van der Waals surface area contributed by atoms with Gasteiger partial charge in [-0.3, -0.25) is 0 Å². The number of isocyanates is 1. The standard InChI is InChI=1S/C3H5NO3S/c1-3(4-2-5)8(6)7/h3H,1H3,(H,6,7). The van der Waals surface area contributed by atoms with E-state index in [1.807, 2.05) is 0 Å². The molecule has 2 unspecified atom stereocenters. The van der Waals surface area contributed by atoms with E-state index in [1.54, 1.807) is 0 Å². The summed E-state index contributed by atoms with van der Waals surface area (Å²) in [7, 11) is 0. The summed E-state index contributed by atoms with van der Waals surface area (Å²) < 4.78 is 18.1. The number of aliphatic imine (C=N–C) groups is 1. The van der Waals surface area contributed by atoms with Crippen LogP contribution in [0.15, 0.2) is 4.99 Å². The zero-order valence-corrected chi connectivity index (χ0v) is 5.01. The third-order valence-electron chi connectivity index (χ3n) is 0.526. The van der Waals surface area contributed by atoms with Crippen LogP contribution < -0.4 is 0 Å². The van der Waals surface area contributed by atoms with Gasteiger partial charge in [0.05, 0.1) is 0 Å². The molecule has 0 aliphatic heterocycles. The Bertz CT molecular complexity index is 137. The molecular formula is C3H5NO3S. The fourth-order valence-corrected chi connectivity index (χ4v) is 0.253. The first-order chi connectivity index (χ1) is 3.68. The first-order valence-electron chi connectivity index (χ1n) is 1.85. The van der Waals surface area contributed by atoms with Crippen LogP contribution in [0.3, 0.4) is 0 Å². The number of rotatable bonds is 2. The van der Waals surface area contributed by atoms with Gasteiger partial charge in [0.1, 0.15) is 0 Å². The van der Waals surface area contributed by atoms with Gasteiger partial charge in [-0.25, -0.2) is 9.00 Å². The summed E-state index contributed by atoms with van der Waals surface area (Å²) in [6, 6.07) is 0. The van der Waals surface area contributed by atoms with E-state index in [2.05, 4.69) is 4.99 Å². The molecule has 2 atom stereocenters. The van der Waals surface area contributed by atoms with Gasteiger partial charge in [0, 0.05) is 0 Å². The highest BCUT2D eigenvalue weighted by Crippen LogP contribution is 1.89. The molecule has 0 aliphatic carbocycles. The van der Waals surface area contributed by atoms with E-state index in [9.17, 15) is 9.00 Å². The zero-order chi connectivity index (χ0) is 6.57. The minimum Gasteiger partial charge on any atom is -0.304 e. The van der Waals surface area contributed by atoms with Gasteiger partial charge in [0.15, 0.2) is 16.5 Å². The molecule has 0 radical (unpaired) electrons. The van der Waals surface area contributed by atoms with Gasteiger partial charge < -0.3 is 4.55 Å². The third-order valence-corrected chi connectivity index (χ3v) is 1.22. The second-order valence-corrected chi connectivity index (χ2v) is 2.33. The molecule has 0 aromatic heterocycles. The Balaban J connectivity index is 3.82. The summed E-state index contributed by atoms with van der Waals surface area (Å²) >= 11 is -2.04. The van der Waals surface area contributed by atoms with E-state index < -0.39 is 16.5 Å². The van der Waals surface area contributed by atoms with Crippen LogP contribution in [0.5, 0.6) is 0 Å². The highest BCUT2D eigenvalue weighted by molar-refractivity contribution is 7.79. The maximum atomic E-state index is 9.93. The first-order valence-corrected chi connectivity index (χ1v) is 3.02. The average molecular weight is 135 g/mol. The van der Waals surface area contributed by atoms with E-state index in [-0.39, 0.29) is 0 Å². The maximum Gasteiger partial charge on any atom is 0.236 e. The predicted octanol–water partition coefficient (Wildman–Crippen LogP) is -0.110. The summed E-state index contributed by atoms with van der Waals surface area (Å²) in [5.74, 6) is 0. The molecule has 5 heteroatoms.